The molecule has 1 fully saturated rings. The third kappa shape index (κ3) is 3.43. The predicted octanol–water partition coefficient (Wildman–Crippen LogP) is 4.00. The van der Waals surface area contributed by atoms with E-state index in [0.29, 0.717) is 23.6 Å². The van der Waals surface area contributed by atoms with Crippen LogP contribution >= 0.6 is 11.6 Å². The summed E-state index contributed by atoms with van der Waals surface area (Å²) >= 11 is 6.02. The molecule has 0 bridgehead atoms. The third-order valence-electron chi connectivity index (χ3n) is 3.70. The summed E-state index contributed by atoms with van der Waals surface area (Å²) in [6.45, 7) is 1.90. The van der Waals surface area contributed by atoms with Gasteiger partial charge < -0.3 is 10.6 Å². The Labute approximate surface area is 124 Å². The average molecular weight is 292 g/mol. The Morgan fingerprint density at radius 3 is 2.65 bits per heavy atom. The fourth-order valence-electron chi connectivity index (χ4n) is 2.47. The summed E-state index contributed by atoms with van der Waals surface area (Å²) in [5.41, 5.74) is 0.858. The highest BCUT2D eigenvalue weighted by Gasteiger charge is 2.33. The van der Waals surface area contributed by atoms with E-state index in [0.717, 1.165) is 24.8 Å². The number of rotatable bonds is 2. The number of nitriles is 1. The van der Waals surface area contributed by atoms with Gasteiger partial charge in [0.05, 0.1) is 6.07 Å². The summed E-state index contributed by atoms with van der Waals surface area (Å²) in [4.78, 5) is 12.0. The predicted molar refractivity (Wildman–Crippen MR) is 79.8 cm³/mol. The van der Waals surface area contributed by atoms with Crippen molar-refractivity contribution in [3.05, 3.63) is 28.8 Å². The molecule has 0 saturated heterocycles. The maximum atomic E-state index is 12.0. The Morgan fingerprint density at radius 2 is 2.05 bits per heavy atom. The van der Waals surface area contributed by atoms with Crippen molar-refractivity contribution in [1.82, 2.24) is 5.32 Å². The van der Waals surface area contributed by atoms with Crippen LogP contribution in [0.15, 0.2) is 18.2 Å². The second-order valence-corrected chi connectivity index (χ2v) is 5.70. The molecule has 4 nitrogen and oxygen atoms in total. The number of aryl methyl sites for hydroxylation is 1. The van der Waals surface area contributed by atoms with Crippen LogP contribution in [0.3, 0.4) is 0 Å². The Hall–Kier alpha value is -1.73. The first-order valence-corrected chi connectivity index (χ1v) is 7.19. The van der Waals surface area contributed by atoms with Crippen molar-refractivity contribution < 1.29 is 4.79 Å². The minimum Gasteiger partial charge on any atom is -0.319 e. The first kappa shape index (κ1) is 14.7. The molecule has 2 N–H and O–H groups in total. The molecule has 106 valence electrons. The molecular formula is C15H18ClN3O. The number of benzene rings is 1. The minimum atomic E-state index is -0.725. The molecule has 1 saturated carbocycles. The molecule has 0 heterocycles. The second-order valence-electron chi connectivity index (χ2n) is 5.30. The highest BCUT2D eigenvalue weighted by atomic mass is 35.5. The van der Waals surface area contributed by atoms with E-state index in [-0.39, 0.29) is 6.03 Å². The fraction of sp³-hybridized carbons (Fsp3) is 0.467. The molecule has 2 rings (SSSR count). The van der Waals surface area contributed by atoms with E-state index in [1.165, 1.54) is 0 Å². The van der Waals surface area contributed by atoms with Crippen molar-refractivity contribution in [2.45, 2.75) is 44.6 Å². The van der Waals surface area contributed by atoms with Crippen LogP contribution in [0, 0.1) is 18.3 Å². The summed E-state index contributed by atoms with van der Waals surface area (Å²) in [6.07, 6.45) is 4.51. The molecule has 0 radical (unpaired) electrons. The van der Waals surface area contributed by atoms with Crippen LogP contribution in [-0.4, -0.2) is 11.6 Å². The zero-order valence-electron chi connectivity index (χ0n) is 11.5. The maximum Gasteiger partial charge on any atom is 0.320 e. The van der Waals surface area contributed by atoms with Gasteiger partial charge in [0.1, 0.15) is 5.54 Å². The number of urea groups is 1. The molecule has 20 heavy (non-hydrogen) atoms. The quantitative estimate of drug-likeness (QED) is 0.865. The molecule has 1 aliphatic rings. The first-order chi connectivity index (χ1) is 9.54. The van der Waals surface area contributed by atoms with Crippen molar-refractivity contribution >= 4 is 23.3 Å². The number of carbonyl (C=O) groups excluding carboxylic acids is 1. The topological polar surface area (TPSA) is 64.9 Å². The van der Waals surface area contributed by atoms with Crippen molar-refractivity contribution in [2.24, 2.45) is 0 Å². The average Bonchev–Trinajstić information content (AvgIpc) is 2.44. The Kier molecular flexibility index (Phi) is 4.51. The minimum absolute atomic E-state index is 0.353. The van der Waals surface area contributed by atoms with Gasteiger partial charge in [-0.3, -0.25) is 0 Å². The SMILES string of the molecule is Cc1ccc(NC(=O)NC2(C#N)CCCCC2)cc1Cl. The number of nitrogens with one attached hydrogen (secondary N) is 2. The molecular weight excluding hydrogens is 274 g/mol. The van der Waals surface area contributed by atoms with Crippen LogP contribution in [0.5, 0.6) is 0 Å². The van der Waals surface area contributed by atoms with Gasteiger partial charge in [-0.25, -0.2) is 4.79 Å². The molecule has 1 aromatic rings. The zero-order chi connectivity index (χ0) is 14.6. The van der Waals surface area contributed by atoms with Crippen molar-refractivity contribution in [1.29, 1.82) is 5.26 Å². The molecule has 2 amide bonds. The van der Waals surface area contributed by atoms with Gasteiger partial charge in [0.25, 0.3) is 0 Å². The van der Waals surface area contributed by atoms with E-state index in [1.807, 2.05) is 13.0 Å². The van der Waals surface area contributed by atoms with Crippen molar-refractivity contribution in [3.63, 3.8) is 0 Å². The highest BCUT2D eigenvalue weighted by Crippen LogP contribution is 2.27. The van der Waals surface area contributed by atoms with E-state index in [9.17, 15) is 10.1 Å². The molecule has 0 aromatic heterocycles. The third-order valence-corrected chi connectivity index (χ3v) is 4.11. The lowest BCUT2D eigenvalue weighted by atomic mass is 9.83. The van der Waals surface area contributed by atoms with Crippen molar-refractivity contribution in [3.8, 4) is 6.07 Å². The summed E-state index contributed by atoms with van der Waals surface area (Å²) in [5, 5.41) is 15.5. The number of anilines is 1. The maximum absolute atomic E-state index is 12.0. The van der Waals surface area contributed by atoms with Gasteiger partial charge in [-0.15, -0.1) is 0 Å². The van der Waals surface area contributed by atoms with Crippen molar-refractivity contribution in [2.75, 3.05) is 5.32 Å². The van der Waals surface area contributed by atoms with Gasteiger partial charge in [0.15, 0.2) is 0 Å². The van der Waals surface area contributed by atoms with Gasteiger partial charge in [-0.05, 0) is 37.5 Å². The monoisotopic (exact) mass is 291 g/mol. The molecule has 1 aromatic carbocycles. The van der Waals surface area contributed by atoms with E-state index in [4.69, 9.17) is 11.6 Å². The summed E-state index contributed by atoms with van der Waals surface area (Å²) in [6, 6.07) is 7.25. The summed E-state index contributed by atoms with van der Waals surface area (Å²) in [5.74, 6) is 0. The molecule has 0 aliphatic heterocycles. The largest absolute Gasteiger partial charge is 0.320 e. The Balaban J connectivity index is 2.01. The fourth-order valence-corrected chi connectivity index (χ4v) is 2.65. The number of halogens is 1. The van der Waals surface area contributed by atoms with Crippen LogP contribution in [-0.2, 0) is 0 Å². The number of amides is 2. The van der Waals surface area contributed by atoms with Gasteiger partial charge in [0.2, 0.25) is 0 Å². The lowest BCUT2D eigenvalue weighted by Gasteiger charge is -2.31. The van der Waals surface area contributed by atoms with E-state index >= 15 is 0 Å². The smallest absolute Gasteiger partial charge is 0.319 e. The first-order valence-electron chi connectivity index (χ1n) is 6.81. The van der Waals surface area contributed by atoms with Gasteiger partial charge in [0, 0.05) is 10.7 Å². The lowest BCUT2D eigenvalue weighted by Crippen LogP contribution is -2.50. The van der Waals surface area contributed by atoms with Crippen LogP contribution < -0.4 is 10.6 Å². The summed E-state index contributed by atoms with van der Waals surface area (Å²) < 4.78 is 0. The number of nitrogens with zero attached hydrogens (tertiary/aromatic N) is 1. The van der Waals surface area contributed by atoms with Gasteiger partial charge >= 0.3 is 6.03 Å². The van der Waals surface area contributed by atoms with Gasteiger partial charge in [-0.1, -0.05) is 36.9 Å². The standard InChI is InChI=1S/C15H18ClN3O/c1-11-5-6-12(9-13(11)16)18-14(20)19-15(10-17)7-3-2-4-8-15/h5-6,9H,2-4,7-8H2,1H3,(H2,18,19,20). The number of carbonyl (C=O) groups is 1. The molecule has 1 aliphatic carbocycles. The molecule has 0 spiro atoms. The number of hydrogen-bond acceptors (Lipinski definition) is 2. The van der Waals surface area contributed by atoms with E-state index in [2.05, 4.69) is 16.7 Å². The normalized spacial score (nSPS) is 17.1. The van der Waals surface area contributed by atoms with Crippen LogP contribution in [0.25, 0.3) is 0 Å². The highest BCUT2D eigenvalue weighted by molar-refractivity contribution is 6.31. The molecule has 0 unspecified atom stereocenters. The van der Waals surface area contributed by atoms with E-state index < -0.39 is 5.54 Å². The molecule has 5 heteroatoms. The van der Waals surface area contributed by atoms with Crippen LogP contribution in [0.1, 0.15) is 37.7 Å². The Bertz CT molecular complexity index is 545. The zero-order valence-corrected chi connectivity index (χ0v) is 12.3. The number of hydrogen-bond donors (Lipinski definition) is 2. The van der Waals surface area contributed by atoms with E-state index in [1.54, 1.807) is 12.1 Å². The van der Waals surface area contributed by atoms with Crippen LogP contribution in [0.2, 0.25) is 5.02 Å². The molecule has 0 atom stereocenters. The van der Waals surface area contributed by atoms with Crippen LogP contribution in [0.4, 0.5) is 10.5 Å². The lowest BCUT2D eigenvalue weighted by molar-refractivity contribution is 0.233. The second kappa shape index (κ2) is 6.15. The van der Waals surface area contributed by atoms with Gasteiger partial charge in [-0.2, -0.15) is 5.26 Å². The summed E-state index contributed by atoms with van der Waals surface area (Å²) in [7, 11) is 0. The Morgan fingerprint density at radius 1 is 1.35 bits per heavy atom.